The molecule has 0 bridgehead atoms. The largest absolute Gasteiger partial charge is 0.371 e. The minimum atomic E-state index is -0.330. The molecule has 1 amide bonds. The molecule has 1 N–H and O–H groups in total. The zero-order chi connectivity index (χ0) is 15.4. The third-order valence-electron chi connectivity index (χ3n) is 3.80. The molecule has 3 rings (SSSR count). The minimum Gasteiger partial charge on any atom is -0.371 e. The molecule has 0 aliphatic carbocycles. The van der Waals surface area contributed by atoms with Crippen molar-refractivity contribution in [3.63, 3.8) is 0 Å². The summed E-state index contributed by atoms with van der Waals surface area (Å²) in [7, 11) is 0. The second kappa shape index (κ2) is 6.56. The number of anilines is 2. The second-order valence-electron chi connectivity index (χ2n) is 5.41. The fraction of sp³-hybridized carbons (Fsp3) is 0.294. The maximum Gasteiger partial charge on any atom is 0.274 e. The van der Waals surface area contributed by atoms with Crippen LogP contribution in [0.25, 0.3) is 0 Å². The molecule has 1 aliphatic rings. The first kappa shape index (κ1) is 14.5. The Kier molecular flexibility index (Phi) is 4.32. The van der Waals surface area contributed by atoms with Crippen molar-refractivity contribution >= 4 is 17.3 Å². The standard InChI is InChI=1S/C17H18FN3O/c18-13-4-6-14(7-5-13)20-17(22)16-12-15(8-9-19-16)21-10-2-1-3-11-21/h4-9,12H,1-3,10-11H2,(H,20,22). The van der Waals surface area contributed by atoms with Crippen molar-refractivity contribution in [2.45, 2.75) is 19.3 Å². The number of pyridine rings is 1. The van der Waals surface area contributed by atoms with Gasteiger partial charge in [0.15, 0.2) is 0 Å². The summed E-state index contributed by atoms with van der Waals surface area (Å²) in [6, 6.07) is 9.42. The lowest BCUT2D eigenvalue weighted by Crippen LogP contribution is -2.29. The van der Waals surface area contributed by atoms with Crippen LogP contribution in [0.5, 0.6) is 0 Å². The van der Waals surface area contributed by atoms with Crippen molar-refractivity contribution in [2.75, 3.05) is 23.3 Å². The van der Waals surface area contributed by atoms with Gasteiger partial charge >= 0.3 is 0 Å². The van der Waals surface area contributed by atoms with E-state index in [-0.39, 0.29) is 11.7 Å². The minimum absolute atomic E-state index is 0.287. The number of nitrogens with one attached hydrogen (secondary N) is 1. The van der Waals surface area contributed by atoms with Crippen LogP contribution in [0.4, 0.5) is 15.8 Å². The van der Waals surface area contributed by atoms with Gasteiger partial charge in [-0.05, 0) is 55.7 Å². The molecule has 2 aromatic rings. The second-order valence-corrected chi connectivity index (χ2v) is 5.41. The van der Waals surface area contributed by atoms with E-state index in [0.717, 1.165) is 18.8 Å². The number of rotatable bonds is 3. The Labute approximate surface area is 129 Å². The molecule has 114 valence electrons. The van der Waals surface area contributed by atoms with Crippen molar-refractivity contribution in [1.82, 2.24) is 4.98 Å². The first-order valence-electron chi connectivity index (χ1n) is 7.50. The van der Waals surface area contributed by atoms with E-state index in [0.29, 0.717) is 11.4 Å². The van der Waals surface area contributed by atoms with Gasteiger partial charge in [-0.3, -0.25) is 9.78 Å². The Morgan fingerprint density at radius 2 is 1.82 bits per heavy atom. The summed E-state index contributed by atoms with van der Waals surface area (Å²) >= 11 is 0. The number of amides is 1. The smallest absolute Gasteiger partial charge is 0.274 e. The lowest BCUT2D eigenvalue weighted by Gasteiger charge is -2.28. The van der Waals surface area contributed by atoms with Crippen LogP contribution in [0.2, 0.25) is 0 Å². The number of hydrogen-bond acceptors (Lipinski definition) is 3. The van der Waals surface area contributed by atoms with Gasteiger partial charge < -0.3 is 10.2 Å². The van der Waals surface area contributed by atoms with E-state index in [9.17, 15) is 9.18 Å². The average Bonchev–Trinajstić information content (AvgIpc) is 2.58. The molecular weight excluding hydrogens is 281 g/mol. The fourth-order valence-electron chi connectivity index (χ4n) is 2.62. The molecule has 1 aliphatic heterocycles. The van der Waals surface area contributed by atoms with Gasteiger partial charge in [0, 0.05) is 30.7 Å². The molecule has 5 heteroatoms. The predicted molar refractivity (Wildman–Crippen MR) is 84.7 cm³/mol. The quantitative estimate of drug-likeness (QED) is 0.944. The molecule has 1 fully saturated rings. The van der Waals surface area contributed by atoms with E-state index in [4.69, 9.17) is 0 Å². The summed E-state index contributed by atoms with van der Waals surface area (Å²) in [6.45, 7) is 2.03. The highest BCUT2D eigenvalue weighted by molar-refractivity contribution is 6.03. The number of hydrogen-bond donors (Lipinski definition) is 1. The first-order valence-corrected chi connectivity index (χ1v) is 7.50. The number of aromatic nitrogens is 1. The zero-order valence-electron chi connectivity index (χ0n) is 12.3. The normalized spacial score (nSPS) is 14.7. The summed E-state index contributed by atoms with van der Waals surface area (Å²) in [5.74, 6) is -0.617. The van der Waals surface area contributed by atoms with Crippen molar-refractivity contribution in [3.05, 3.63) is 54.1 Å². The van der Waals surface area contributed by atoms with Crippen LogP contribution < -0.4 is 10.2 Å². The molecule has 4 nitrogen and oxygen atoms in total. The van der Waals surface area contributed by atoms with Gasteiger partial charge in [-0.15, -0.1) is 0 Å². The number of carbonyl (C=O) groups excluding carboxylic acids is 1. The SMILES string of the molecule is O=C(Nc1ccc(F)cc1)c1cc(N2CCCCC2)ccn1. The number of carbonyl (C=O) groups is 1. The Hall–Kier alpha value is -2.43. The molecule has 1 aromatic carbocycles. The highest BCUT2D eigenvalue weighted by atomic mass is 19.1. The molecule has 1 aromatic heterocycles. The maximum atomic E-state index is 12.9. The van der Waals surface area contributed by atoms with Crippen LogP contribution in [0.15, 0.2) is 42.6 Å². The summed E-state index contributed by atoms with van der Waals surface area (Å²) < 4.78 is 12.9. The Bertz CT molecular complexity index is 651. The van der Waals surface area contributed by atoms with Gasteiger partial charge in [0.05, 0.1) is 0 Å². The predicted octanol–water partition coefficient (Wildman–Crippen LogP) is 3.46. The van der Waals surface area contributed by atoms with Gasteiger partial charge in [-0.2, -0.15) is 0 Å². The van der Waals surface area contributed by atoms with E-state index >= 15 is 0 Å². The van der Waals surface area contributed by atoms with E-state index < -0.39 is 0 Å². The van der Waals surface area contributed by atoms with Crippen LogP contribution in [-0.4, -0.2) is 24.0 Å². The summed E-state index contributed by atoms with van der Waals surface area (Å²) in [4.78, 5) is 18.7. The van der Waals surface area contributed by atoms with E-state index in [1.807, 2.05) is 12.1 Å². The third kappa shape index (κ3) is 3.42. The zero-order valence-corrected chi connectivity index (χ0v) is 12.3. The molecule has 22 heavy (non-hydrogen) atoms. The van der Waals surface area contributed by atoms with Crippen LogP contribution in [0.3, 0.4) is 0 Å². The first-order chi connectivity index (χ1) is 10.7. The molecular formula is C17H18FN3O. The summed E-state index contributed by atoms with van der Waals surface area (Å²) in [6.07, 6.45) is 5.28. The van der Waals surface area contributed by atoms with Crippen LogP contribution in [0.1, 0.15) is 29.8 Å². The molecule has 0 unspecified atom stereocenters. The highest BCUT2D eigenvalue weighted by Crippen LogP contribution is 2.20. The Morgan fingerprint density at radius 3 is 2.55 bits per heavy atom. The number of halogens is 1. The monoisotopic (exact) mass is 299 g/mol. The highest BCUT2D eigenvalue weighted by Gasteiger charge is 2.14. The number of piperidine rings is 1. The summed E-state index contributed by atoms with van der Waals surface area (Å²) in [5.41, 5.74) is 1.95. The van der Waals surface area contributed by atoms with Gasteiger partial charge in [0.1, 0.15) is 11.5 Å². The maximum absolute atomic E-state index is 12.9. The van der Waals surface area contributed by atoms with Crippen LogP contribution in [-0.2, 0) is 0 Å². The van der Waals surface area contributed by atoms with Crippen molar-refractivity contribution in [2.24, 2.45) is 0 Å². The van der Waals surface area contributed by atoms with Gasteiger partial charge in [-0.25, -0.2) is 4.39 Å². The van der Waals surface area contributed by atoms with Crippen molar-refractivity contribution in [3.8, 4) is 0 Å². The lowest BCUT2D eigenvalue weighted by atomic mass is 10.1. The van der Waals surface area contributed by atoms with Crippen molar-refractivity contribution in [1.29, 1.82) is 0 Å². The lowest BCUT2D eigenvalue weighted by molar-refractivity contribution is 0.102. The average molecular weight is 299 g/mol. The van der Waals surface area contributed by atoms with Gasteiger partial charge in [0.25, 0.3) is 5.91 Å². The Morgan fingerprint density at radius 1 is 1.09 bits per heavy atom. The molecule has 0 spiro atoms. The van der Waals surface area contributed by atoms with Crippen LogP contribution in [0, 0.1) is 5.82 Å². The Balaban J connectivity index is 1.73. The molecule has 0 radical (unpaired) electrons. The van der Waals surface area contributed by atoms with E-state index in [1.54, 1.807) is 6.20 Å². The van der Waals surface area contributed by atoms with Gasteiger partial charge in [-0.1, -0.05) is 0 Å². The number of benzene rings is 1. The molecule has 0 saturated carbocycles. The third-order valence-corrected chi connectivity index (χ3v) is 3.80. The van der Waals surface area contributed by atoms with Crippen molar-refractivity contribution < 1.29 is 9.18 Å². The van der Waals surface area contributed by atoms with Gasteiger partial charge in [0.2, 0.25) is 0 Å². The van der Waals surface area contributed by atoms with Crippen LogP contribution >= 0.6 is 0 Å². The van der Waals surface area contributed by atoms with E-state index in [2.05, 4.69) is 15.2 Å². The fourth-order valence-corrected chi connectivity index (χ4v) is 2.62. The molecule has 0 atom stereocenters. The van der Waals surface area contributed by atoms with E-state index in [1.165, 1.54) is 43.5 Å². The number of nitrogens with zero attached hydrogens (tertiary/aromatic N) is 2. The molecule has 2 heterocycles. The topological polar surface area (TPSA) is 45.2 Å². The summed E-state index contributed by atoms with van der Waals surface area (Å²) in [5, 5.41) is 2.73. The molecule has 1 saturated heterocycles.